The minimum absolute atomic E-state index is 0.634. The average molecular weight is 269 g/mol. The summed E-state index contributed by atoms with van der Waals surface area (Å²) in [7, 11) is 0. The highest BCUT2D eigenvalue weighted by molar-refractivity contribution is 9.10. The van der Waals surface area contributed by atoms with E-state index in [4.69, 9.17) is 10.2 Å². The van der Waals surface area contributed by atoms with Gasteiger partial charge in [0, 0.05) is 10.9 Å². The minimum atomic E-state index is 0.634. The third-order valence-electron chi connectivity index (χ3n) is 2.27. The van der Waals surface area contributed by atoms with Crippen LogP contribution in [0.5, 0.6) is 0 Å². The van der Waals surface area contributed by atoms with Gasteiger partial charge in [0.05, 0.1) is 5.69 Å². The van der Waals surface area contributed by atoms with Crippen molar-refractivity contribution in [1.29, 1.82) is 0 Å². The van der Waals surface area contributed by atoms with Crippen LogP contribution >= 0.6 is 15.9 Å². The number of fused-ring (bicyclic) bond motifs is 1. The lowest BCUT2D eigenvalue weighted by molar-refractivity contribution is 0.518. The van der Waals surface area contributed by atoms with Gasteiger partial charge in [-0.2, -0.15) is 0 Å². The van der Waals surface area contributed by atoms with Gasteiger partial charge in [0.2, 0.25) is 0 Å². The highest BCUT2D eigenvalue weighted by atomic mass is 79.9. The SMILES string of the molecule is CCCCc1nc2cc(Br)cc(N)c2o1. The van der Waals surface area contributed by atoms with E-state index in [0.717, 1.165) is 35.1 Å². The summed E-state index contributed by atoms with van der Waals surface area (Å²) in [5, 5.41) is 0. The molecule has 0 aliphatic rings. The number of unbranched alkanes of at least 4 members (excludes halogenated alkanes) is 1. The average Bonchev–Trinajstić information content (AvgIpc) is 2.57. The van der Waals surface area contributed by atoms with Crippen molar-refractivity contribution in [3.8, 4) is 0 Å². The predicted octanol–water partition coefficient (Wildman–Crippen LogP) is 3.52. The van der Waals surface area contributed by atoms with Crippen LogP contribution in [-0.4, -0.2) is 4.98 Å². The van der Waals surface area contributed by atoms with Crippen LogP contribution in [0.4, 0.5) is 5.69 Å². The fraction of sp³-hybridized carbons (Fsp3) is 0.364. The maximum atomic E-state index is 5.84. The Morgan fingerprint density at radius 2 is 2.27 bits per heavy atom. The minimum Gasteiger partial charge on any atom is -0.439 e. The number of aryl methyl sites for hydroxylation is 1. The highest BCUT2D eigenvalue weighted by Gasteiger charge is 2.08. The van der Waals surface area contributed by atoms with Gasteiger partial charge in [0.25, 0.3) is 0 Å². The molecule has 0 bridgehead atoms. The third-order valence-corrected chi connectivity index (χ3v) is 2.73. The maximum Gasteiger partial charge on any atom is 0.195 e. The topological polar surface area (TPSA) is 52.0 Å². The molecule has 2 N–H and O–H groups in total. The number of oxazole rings is 1. The van der Waals surface area contributed by atoms with Gasteiger partial charge in [-0.05, 0) is 18.6 Å². The molecule has 0 atom stereocenters. The number of anilines is 1. The molecule has 2 aromatic rings. The van der Waals surface area contributed by atoms with E-state index >= 15 is 0 Å². The molecule has 15 heavy (non-hydrogen) atoms. The largest absolute Gasteiger partial charge is 0.439 e. The maximum absolute atomic E-state index is 5.84. The Morgan fingerprint density at radius 3 is 3.00 bits per heavy atom. The Morgan fingerprint density at radius 1 is 1.47 bits per heavy atom. The second-order valence-corrected chi connectivity index (χ2v) is 4.47. The molecule has 1 aromatic heterocycles. The summed E-state index contributed by atoms with van der Waals surface area (Å²) in [5.41, 5.74) is 7.99. The Balaban J connectivity index is 2.41. The number of nitrogens with zero attached hydrogens (tertiary/aromatic N) is 1. The highest BCUT2D eigenvalue weighted by Crippen LogP contribution is 2.27. The molecule has 0 unspecified atom stereocenters. The normalized spacial score (nSPS) is 11.1. The molecule has 0 radical (unpaired) electrons. The first-order valence-corrected chi connectivity index (χ1v) is 5.84. The number of nitrogen functional groups attached to an aromatic ring is 1. The smallest absolute Gasteiger partial charge is 0.195 e. The van der Waals surface area contributed by atoms with Gasteiger partial charge in [0.1, 0.15) is 5.52 Å². The molecule has 0 saturated carbocycles. The van der Waals surface area contributed by atoms with Gasteiger partial charge in [-0.3, -0.25) is 0 Å². The quantitative estimate of drug-likeness (QED) is 0.867. The first kappa shape index (κ1) is 10.5. The lowest BCUT2D eigenvalue weighted by Gasteiger charge is -1.94. The number of aromatic nitrogens is 1. The molecule has 0 spiro atoms. The van der Waals surface area contributed by atoms with E-state index in [1.165, 1.54) is 0 Å². The zero-order valence-corrected chi connectivity index (χ0v) is 10.2. The van der Waals surface area contributed by atoms with Crippen molar-refractivity contribution < 1.29 is 4.42 Å². The molecular formula is C11H13BrN2O. The van der Waals surface area contributed by atoms with Crippen LogP contribution in [0.2, 0.25) is 0 Å². The Kier molecular flexibility index (Phi) is 2.95. The second-order valence-electron chi connectivity index (χ2n) is 3.55. The van der Waals surface area contributed by atoms with E-state index in [-0.39, 0.29) is 0 Å². The van der Waals surface area contributed by atoms with Crippen LogP contribution < -0.4 is 5.73 Å². The summed E-state index contributed by atoms with van der Waals surface area (Å²) in [6, 6.07) is 3.75. The lowest BCUT2D eigenvalue weighted by Crippen LogP contribution is -1.84. The van der Waals surface area contributed by atoms with E-state index < -0.39 is 0 Å². The Hall–Kier alpha value is -1.03. The molecule has 0 aliphatic carbocycles. The number of rotatable bonds is 3. The van der Waals surface area contributed by atoms with Crippen molar-refractivity contribution in [2.45, 2.75) is 26.2 Å². The fourth-order valence-corrected chi connectivity index (χ4v) is 1.97. The first-order chi connectivity index (χ1) is 7.20. The fourth-order valence-electron chi connectivity index (χ4n) is 1.50. The van der Waals surface area contributed by atoms with Crippen molar-refractivity contribution in [2.75, 3.05) is 5.73 Å². The monoisotopic (exact) mass is 268 g/mol. The zero-order valence-electron chi connectivity index (χ0n) is 8.59. The van der Waals surface area contributed by atoms with Crippen LogP contribution in [0.3, 0.4) is 0 Å². The number of hydrogen-bond acceptors (Lipinski definition) is 3. The summed E-state index contributed by atoms with van der Waals surface area (Å²) < 4.78 is 6.53. The number of nitrogens with two attached hydrogens (primary N) is 1. The van der Waals surface area contributed by atoms with E-state index in [1.54, 1.807) is 0 Å². The standard InChI is InChI=1S/C11H13BrN2O/c1-2-3-4-10-14-9-6-7(12)5-8(13)11(9)15-10/h5-6H,2-4,13H2,1H3. The molecule has 3 nitrogen and oxygen atoms in total. The summed E-state index contributed by atoms with van der Waals surface area (Å²) in [6.07, 6.45) is 3.11. The van der Waals surface area contributed by atoms with Crippen molar-refractivity contribution >= 4 is 32.7 Å². The van der Waals surface area contributed by atoms with E-state index in [0.29, 0.717) is 11.3 Å². The summed E-state index contributed by atoms with van der Waals surface area (Å²) >= 11 is 3.38. The van der Waals surface area contributed by atoms with Crippen LogP contribution in [0.1, 0.15) is 25.7 Å². The molecule has 0 amide bonds. The van der Waals surface area contributed by atoms with Crippen LogP contribution in [0, 0.1) is 0 Å². The van der Waals surface area contributed by atoms with Crippen molar-refractivity contribution in [1.82, 2.24) is 4.98 Å². The van der Waals surface area contributed by atoms with Gasteiger partial charge >= 0.3 is 0 Å². The molecule has 4 heteroatoms. The van der Waals surface area contributed by atoms with Crippen LogP contribution in [0.25, 0.3) is 11.1 Å². The second kappa shape index (κ2) is 4.23. The van der Waals surface area contributed by atoms with E-state index in [2.05, 4.69) is 27.8 Å². The molecule has 0 aliphatic heterocycles. The van der Waals surface area contributed by atoms with E-state index in [9.17, 15) is 0 Å². The first-order valence-electron chi connectivity index (χ1n) is 5.05. The van der Waals surface area contributed by atoms with Gasteiger partial charge in [0.15, 0.2) is 11.5 Å². The molecular weight excluding hydrogens is 256 g/mol. The Labute approximate surface area is 96.8 Å². The van der Waals surface area contributed by atoms with Crippen molar-refractivity contribution in [3.05, 3.63) is 22.5 Å². The summed E-state index contributed by atoms with van der Waals surface area (Å²) in [5.74, 6) is 0.775. The van der Waals surface area contributed by atoms with E-state index in [1.807, 2.05) is 12.1 Å². The molecule has 80 valence electrons. The van der Waals surface area contributed by atoms with Crippen molar-refractivity contribution in [3.63, 3.8) is 0 Å². The number of benzene rings is 1. The molecule has 1 heterocycles. The molecule has 0 saturated heterocycles. The molecule has 1 aromatic carbocycles. The predicted molar refractivity (Wildman–Crippen MR) is 64.7 cm³/mol. The lowest BCUT2D eigenvalue weighted by atomic mass is 10.2. The zero-order chi connectivity index (χ0) is 10.8. The number of halogens is 1. The molecule has 0 fully saturated rings. The van der Waals surface area contributed by atoms with Gasteiger partial charge in [-0.25, -0.2) is 4.98 Å². The molecule has 2 rings (SSSR count). The van der Waals surface area contributed by atoms with Crippen LogP contribution in [-0.2, 0) is 6.42 Å². The summed E-state index contributed by atoms with van der Waals surface area (Å²) in [4.78, 5) is 4.40. The Bertz CT molecular complexity index is 479. The van der Waals surface area contributed by atoms with Gasteiger partial charge in [-0.15, -0.1) is 0 Å². The summed E-state index contributed by atoms with van der Waals surface area (Å²) in [6.45, 7) is 2.15. The van der Waals surface area contributed by atoms with Gasteiger partial charge < -0.3 is 10.2 Å². The number of hydrogen-bond donors (Lipinski definition) is 1. The van der Waals surface area contributed by atoms with Gasteiger partial charge in [-0.1, -0.05) is 29.3 Å². The third kappa shape index (κ3) is 2.15. The van der Waals surface area contributed by atoms with Crippen LogP contribution in [0.15, 0.2) is 21.0 Å². The van der Waals surface area contributed by atoms with Crippen molar-refractivity contribution in [2.24, 2.45) is 0 Å².